The van der Waals surface area contributed by atoms with Crippen molar-refractivity contribution in [3.05, 3.63) is 35.4 Å². The lowest BCUT2D eigenvalue weighted by Crippen LogP contribution is -2.37. The third-order valence-corrected chi connectivity index (χ3v) is 4.43. The maximum Gasteiger partial charge on any atom is 0.416 e. The number of halogens is 3. The van der Waals surface area contributed by atoms with E-state index in [-0.39, 0.29) is 12.5 Å². The molecule has 3 nitrogen and oxygen atoms in total. The number of amides is 1. The lowest BCUT2D eigenvalue weighted by Gasteiger charge is -2.23. The molecule has 0 unspecified atom stereocenters. The van der Waals surface area contributed by atoms with Crippen molar-refractivity contribution in [3.63, 3.8) is 0 Å². The molecule has 0 aliphatic heterocycles. The maximum atomic E-state index is 12.7. The highest BCUT2D eigenvalue weighted by atomic mass is 19.4. The second kappa shape index (κ2) is 8.51. The first-order valence-corrected chi connectivity index (χ1v) is 8.46. The van der Waals surface area contributed by atoms with Crippen molar-refractivity contribution in [2.45, 2.75) is 44.8 Å². The van der Waals surface area contributed by atoms with E-state index in [2.05, 4.69) is 5.32 Å². The number of alkyl halides is 3. The number of carbonyl (C=O) groups is 1. The van der Waals surface area contributed by atoms with Crippen LogP contribution in [-0.4, -0.2) is 30.9 Å². The molecular formula is C18H25F3N2O. The number of nitrogens with one attached hydrogen (secondary N) is 1. The van der Waals surface area contributed by atoms with E-state index in [4.69, 9.17) is 0 Å². The van der Waals surface area contributed by atoms with Gasteiger partial charge in [0.2, 0.25) is 5.91 Å². The first-order valence-electron chi connectivity index (χ1n) is 8.46. The van der Waals surface area contributed by atoms with Gasteiger partial charge in [-0.2, -0.15) is 13.2 Å². The smallest absolute Gasteiger partial charge is 0.355 e. The van der Waals surface area contributed by atoms with E-state index in [1.165, 1.54) is 38.2 Å². The van der Waals surface area contributed by atoms with Gasteiger partial charge in [-0.3, -0.25) is 9.69 Å². The van der Waals surface area contributed by atoms with Crippen LogP contribution in [0.15, 0.2) is 24.3 Å². The molecule has 1 aliphatic carbocycles. The zero-order valence-corrected chi connectivity index (χ0v) is 14.0. The molecule has 0 spiro atoms. The van der Waals surface area contributed by atoms with Crippen molar-refractivity contribution in [3.8, 4) is 0 Å². The third-order valence-electron chi connectivity index (χ3n) is 4.43. The van der Waals surface area contributed by atoms with E-state index in [9.17, 15) is 18.0 Å². The number of hydrogen-bond acceptors (Lipinski definition) is 2. The largest absolute Gasteiger partial charge is 0.416 e. The van der Waals surface area contributed by atoms with E-state index in [0.717, 1.165) is 12.1 Å². The molecule has 0 aromatic heterocycles. The van der Waals surface area contributed by atoms with E-state index >= 15 is 0 Å². The summed E-state index contributed by atoms with van der Waals surface area (Å²) in [4.78, 5) is 13.7. The van der Waals surface area contributed by atoms with Crippen LogP contribution in [0.4, 0.5) is 13.2 Å². The molecule has 1 N–H and O–H groups in total. The van der Waals surface area contributed by atoms with Gasteiger partial charge in [-0.05, 0) is 37.4 Å². The van der Waals surface area contributed by atoms with Crippen LogP contribution in [0.5, 0.6) is 0 Å². The van der Waals surface area contributed by atoms with Crippen LogP contribution >= 0.6 is 0 Å². The number of nitrogens with zero attached hydrogens (tertiary/aromatic N) is 1. The first-order chi connectivity index (χ1) is 11.3. The van der Waals surface area contributed by atoms with E-state index in [1.807, 2.05) is 0 Å². The first kappa shape index (κ1) is 18.8. The SMILES string of the molecule is CN(CC(=O)NCC1CCCCC1)Cc1cccc(C(F)(F)F)c1. The van der Waals surface area contributed by atoms with Gasteiger partial charge in [0.1, 0.15) is 0 Å². The van der Waals surface area contributed by atoms with Crippen molar-refractivity contribution < 1.29 is 18.0 Å². The van der Waals surface area contributed by atoms with Crippen LogP contribution in [0.2, 0.25) is 0 Å². The molecule has 0 saturated heterocycles. The minimum Gasteiger partial charge on any atom is -0.355 e. The van der Waals surface area contributed by atoms with Crippen molar-refractivity contribution in [1.82, 2.24) is 10.2 Å². The van der Waals surface area contributed by atoms with Gasteiger partial charge >= 0.3 is 6.18 Å². The van der Waals surface area contributed by atoms with Crippen LogP contribution in [-0.2, 0) is 17.5 Å². The highest BCUT2D eigenvalue weighted by Gasteiger charge is 2.30. The number of benzene rings is 1. The zero-order valence-electron chi connectivity index (χ0n) is 14.0. The van der Waals surface area contributed by atoms with Crippen molar-refractivity contribution in [2.75, 3.05) is 20.1 Å². The van der Waals surface area contributed by atoms with Crippen LogP contribution in [0.3, 0.4) is 0 Å². The van der Waals surface area contributed by atoms with Crippen LogP contribution in [0.1, 0.15) is 43.2 Å². The summed E-state index contributed by atoms with van der Waals surface area (Å²) in [6.45, 7) is 1.19. The fraction of sp³-hybridized carbons (Fsp3) is 0.611. The molecule has 134 valence electrons. The molecule has 1 aromatic carbocycles. The van der Waals surface area contributed by atoms with Crippen molar-refractivity contribution >= 4 is 5.91 Å². The van der Waals surface area contributed by atoms with Crippen molar-refractivity contribution in [2.24, 2.45) is 5.92 Å². The molecule has 0 heterocycles. The monoisotopic (exact) mass is 342 g/mol. The molecular weight excluding hydrogens is 317 g/mol. The Morgan fingerprint density at radius 2 is 1.96 bits per heavy atom. The average molecular weight is 342 g/mol. The van der Waals surface area contributed by atoms with Crippen LogP contribution in [0, 0.1) is 5.92 Å². The van der Waals surface area contributed by atoms with Gasteiger partial charge in [-0.25, -0.2) is 0 Å². The lowest BCUT2D eigenvalue weighted by molar-refractivity contribution is -0.137. The Bertz CT molecular complexity index is 539. The van der Waals surface area contributed by atoms with Gasteiger partial charge in [0.05, 0.1) is 12.1 Å². The Morgan fingerprint density at radius 1 is 1.25 bits per heavy atom. The predicted molar refractivity (Wildman–Crippen MR) is 87.4 cm³/mol. The number of likely N-dealkylation sites (N-methyl/N-ethyl adjacent to an activating group) is 1. The fourth-order valence-electron chi connectivity index (χ4n) is 3.16. The molecule has 0 bridgehead atoms. The molecule has 1 aromatic rings. The topological polar surface area (TPSA) is 32.3 Å². The van der Waals surface area contributed by atoms with Crippen LogP contribution < -0.4 is 5.32 Å². The Labute approximate surface area is 141 Å². The maximum absolute atomic E-state index is 12.7. The summed E-state index contributed by atoms with van der Waals surface area (Å²) >= 11 is 0. The van der Waals surface area contributed by atoms with Gasteiger partial charge in [0.25, 0.3) is 0 Å². The summed E-state index contributed by atoms with van der Waals surface area (Å²) < 4.78 is 38.1. The Morgan fingerprint density at radius 3 is 2.62 bits per heavy atom. The number of carbonyl (C=O) groups excluding carboxylic acids is 1. The van der Waals surface area contributed by atoms with Gasteiger partial charge in [-0.1, -0.05) is 37.5 Å². The second-order valence-electron chi connectivity index (χ2n) is 6.68. The fourth-order valence-corrected chi connectivity index (χ4v) is 3.16. The van der Waals surface area contributed by atoms with Crippen molar-refractivity contribution in [1.29, 1.82) is 0 Å². The summed E-state index contributed by atoms with van der Waals surface area (Å²) in [5, 5.41) is 2.94. The molecule has 0 atom stereocenters. The van der Waals surface area contributed by atoms with Crippen LogP contribution in [0.25, 0.3) is 0 Å². The van der Waals surface area contributed by atoms with Gasteiger partial charge < -0.3 is 5.32 Å². The standard InChI is InChI=1S/C18H25F3N2O/c1-23(12-15-8-5-9-16(10-15)18(19,20)21)13-17(24)22-11-14-6-3-2-4-7-14/h5,8-10,14H,2-4,6-7,11-13H2,1H3,(H,22,24). The van der Waals surface area contributed by atoms with Gasteiger partial charge in [0, 0.05) is 13.1 Å². The van der Waals surface area contributed by atoms with Gasteiger partial charge in [0.15, 0.2) is 0 Å². The minimum absolute atomic E-state index is 0.0740. The molecule has 1 fully saturated rings. The quantitative estimate of drug-likeness (QED) is 0.852. The Hall–Kier alpha value is -1.56. The number of rotatable bonds is 6. The predicted octanol–water partition coefficient (Wildman–Crippen LogP) is 3.83. The van der Waals surface area contributed by atoms with E-state index in [0.29, 0.717) is 24.6 Å². The molecule has 6 heteroatoms. The molecule has 0 radical (unpaired) electrons. The summed E-state index contributed by atoms with van der Waals surface area (Å²) in [5.74, 6) is 0.492. The highest BCUT2D eigenvalue weighted by molar-refractivity contribution is 5.77. The minimum atomic E-state index is -4.34. The Balaban J connectivity index is 1.77. The van der Waals surface area contributed by atoms with E-state index in [1.54, 1.807) is 18.0 Å². The van der Waals surface area contributed by atoms with E-state index < -0.39 is 11.7 Å². The molecule has 1 amide bonds. The molecule has 1 saturated carbocycles. The number of hydrogen-bond donors (Lipinski definition) is 1. The normalized spacial score (nSPS) is 16.4. The average Bonchev–Trinajstić information content (AvgIpc) is 2.53. The second-order valence-corrected chi connectivity index (χ2v) is 6.68. The zero-order chi connectivity index (χ0) is 17.6. The van der Waals surface area contributed by atoms with Gasteiger partial charge in [-0.15, -0.1) is 0 Å². The molecule has 2 rings (SSSR count). The third kappa shape index (κ3) is 6.15. The highest BCUT2D eigenvalue weighted by Crippen LogP contribution is 2.29. The Kier molecular flexibility index (Phi) is 6.66. The summed E-state index contributed by atoms with van der Waals surface area (Å²) in [5.41, 5.74) is -0.109. The summed E-state index contributed by atoms with van der Waals surface area (Å²) in [6.07, 6.45) is 1.74. The molecule has 1 aliphatic rings. The molecule has 24 heavy (non-hydrogen) atoms. The lowest BCUT2D eigenvalue weighted by atomic mass is 9.89. The summed E-state index contributed by atoms with van der Waals surface area (Å²) in [6, 6.07) is 5.23. The summed E-state index contributed by atoms with van der Waals surface area (Å²) in [7, 11) is 1.74.